The highest BCUT2D eigenvalue weighted by atomic mass is 19.1. The zero-order chi connectivity index (χ0) is 17.5. The molecule has 0 atom stereocenters. The third kappa shape index (κ3) is 4.95. The van der Waals surface area contributed by atoms with Gasteiger partial charge in [0.1, 0.15) is 5.82 Å². The molecule has 1 amide bonds. The lowest BCUT2D eigenvalue weighted by Crippen LogP contribution is -2.35. The second-order valence-corrected chi connectivity index (χ2v) is 6.53. The Kier molecular flexibility index (Phi) is 6.59. The lowest BCUT2D eigenvalue weighted by atomic mass is 10.1. The molecule has 3 nitrogen and oxygen atoms in total. The molecule has 4 heteroatoms. The van der Waals surface area contributed by atoms with Gasteiger partial charge in [-0.1, -0.05) is 39.3 Å². The maximum absolute atomic E-state index is 13.4. The molecule has 1 aromatic carbocycles. The van der Waals surface area contributed by atoms with Crippen LogP contribution in [0.25, 0.3) is 0 Å². The molecule has 2 rings (SSSR count). The average molecular weight is 330 g/mol. The molecule has 0 saturated heterocycles. The number of aromatic nitrogens is 1. The van der Waals surface area contributed by atoms with Crippen molar-refractivity contribution in [2.45, 2.75) is 46.7 Å². The molecule has 130 valence electrons. The minimum absolute atomic E-state index is 0.00603. The summed E-state index contributed by atoms with van der Waals surface area (Å²) < 4.78 is 15.5. The van der Waals surface area contributed by atoms with E-state index in [9.17, 15) is 9.18 Å². The van der Waals surface area contributed by atoms with E-state index in [-0.39, 0.29) is 17.6 Å². The summed E-state index contributed by atoms with van der Waals surface area (Å²) in [6.07, 6.45) is 4.05. The third-order valence-electron chi connectivity index (χ3n) is 4.11. The monoisotopic (exact) mass is 330 g/mol. The Morgan fingerprint density at radius 1 is 1.25 bits per heavy atom. The lowest BCUT2D eigenvalue weighted by Gasteiger charge is -2.25. The quantitative estimate of drug-likeness (QED) is 0.701. The third-order valence-corrected chi connectivity index (χ3v) is 4.11. The Morgan fingerprint density at radius 3 is 2.71 bits per heavy atom. The number of carbonyl (C=O) groups excluding carboxylic acids is 1. The molecule has 0 aliphatic carbocycles. The number of rotatable bonds is 8. The summed E-state index contributed by atoms with van der Waals surface area (Å²) in [6.45, 7) is 7.99. The first-order valence-electron chi connectivity index (χ1n) is 8.68. The van der Waals surface area contributed by atoms with Crippen LogP contribution in [-0.4, -0.2) is 21.9 Å². The molecule has 0 aliphatic heterocycles. The van der Waals surface area contributed by atoms with Crippen LogP contribution in [0, 0.1) is 11.7 Å². The summed E-state index contributed by atoms with van der Waals surface area (Å²) >= 11 is 0. The summed E-state index contributed by atoms with van der Waals surface area (Å²) in [5.74, 6) is -0.0452. The second kappa shape index (κ2) is 8.67. The van der Waals surface area contributed by atoms with Gasteiger partial charge in [0, 0.05) is 30.9 Å². The largest absolute Gasteiger partial charge is 0.345 e. The first kappa shape index (κ1) is 18.2. The number of halogens is 1. The number of nitrogens with zero attached hydrogens (tertiary/aromatic N) is 2. The van der Waals surface area contributed by atoms with Crippen LogP contribution in [-0.2, 0) is 17.9 Å². The number of amides is 1. The van der Waals surface area contributed by atoms with E-state index in [0.717, 1.165) is 30.6 Å². The van der Waals surface area contributed by atoms with Crippen LogP contribution in [0.4, 0.5) is 4.39 Å². The standard InChI is InChI=1S/C20H27FN2O/c1-4-5-11-23(20(24)16(2)3)15-19-10-7-12-22(19)14-17-8-6-9-18(21)13-17/h6-10,12-13,16H,4-5,11,14-15H2,1-3H3. The van der Waals surface area contributed by atoms with Gasteiger partial charge in [0.05, 0.1) is 6.54 Å². The van der Waals surface area contributed by atoms with Gasteiger partial charge in [0.2, 0.25) is 5.91 Å². The van der Waals surface area contributed by atoms with Gasteiger partial charge in [0.15, 0.2) is 0 Å². The maximum atomic E-state index is 13.4. The molecule has 24 heavy (non-hydrogen) atoms. The van der Waals surface area contributed by atoms with E-state index in [2.05, 4.69) is 11.5 Å². The van der Waals surface area contributed by atoms with Crippen LogP contribution < -0.4 is 0 Å². The molecule has 0 bridgehead atoms. The molecule has 0 N–H and O–H groups in total. The number of benzene rings is 1. The zero-order valence-electron chi connectivity index (χ0n) is 14.8. The highest BCUT2D eigenvalue weighted by Crippen LogP contribution is 2.14. The topological polar surface area (TPSA) is 25.2 Å². The Balaban J connectivity index is 2.13. The number of unbranched alkanes of at least 4 members (excludes halogenated alkanes) is 1. The number of hydrogen-bond donors (Lipinski definition) is 0. The van der Waals surface area contributed by atoms with Crippen molar-refractivity contribution < 1.29 is 9.18 Å². The molecule has 0 saturated carbocycles. The molecule has 2 aromatic rings. The summed E-state index contributed by atoms with van der Waals surface area (Å²) in [5, 5.41) is 0. The molecule has 0 unspecified atom stereocenters. The molecule has 1 heterocycles. The fraction of sp³-hybridized carbons (Fsp3) is 0.450. The van der Waals surface area contributed by atoms with Crippen LogP contribution in [0.15, 0.2) is 42.6 Å². The summed E-state index contributed by atoms with van der Waals surface area (Å²) in [6, 6.07) is 10.7. The van der Waals surface area contributed by atoms with Crippen LogP contribution in [0.1, 0.15) is 44.9 Å². The van der Waals surface area contributed by atoms with Crippen LogP contribution in [0.2, 0.25) is 0 Å². The zero-order valence-corrected chi connectivity index (χ0v) is 14.8. The van der Waals surface area contributed by atoms with E-state index in [4.69, 9.17) is 0 Å². The van der Waals surface area contributed by atoms with Gasteiger partial charge in [-0.2, -0.15) is 0 Å². The van der Waals surface area contributed by atoms with Crippen molar-refractivity contribution in [1.29, 1.82) is 0 Å². The van der Waals surface area contributed by atoms with Gasteiger partial charge in [-0.05, 0) is 36.2 Å². The number of carbonyl (C=O) groups is 1. The van der Waals surface area contributed by atoms with E-state index >= 15 is 0 Å². The SMILES string of the molecule is CCCCN(Cc1cccn1Cc1cccc(F)c1)C(=O)C(C)C. The van der Waals surface area contributed by atoms with Crippen molar-refractivity contribution in [3.8, 4) is 0 Å². The molecular weight excluding hydrogens is 303 g/mol. The first-order valence-corrected chi connectivity index (χ1v) is 8.68. The normalized spacial score (nSPS) is 11.0. The molecule has 0 aliphatic rings. The Morgan fingerprint density at radius 2 is 2.04 bits per heavy atom. The molecule has 1 aromatic heterocycles. The van der Waals surface area contributed by atoms with E-state index in [1.54, 1.807) is 12.1 Å². The van der Waals surface area contributed by atoms with Gasteiger partial charge in [-0.25, -0.2) is 4.39 Å². The summed E-state index contributed by atoms with van der Waals surface area (Å²) in [5.41, 5.74) is 1.99. The average Bonchev–Trinajstić information content (AvgIpc) is 2.97. The van der Waals surface area contributed by atoms with E-state index in [1.807, 2.05) is 43.1 Å². The number of hydrogen-bond acceptors (Lipinski definition) is 1. The summed E-state index contributed by atoms with van der Waals surface area (Å²) in [4.78, 5) is 14.4. The molecular formula is C20H27FN2O. The van der Waals surface area contributed by atoms with Crippen molar-refractivity contribution in [2.75, 3.05) is 6.54 Å². The highest BCUT2D eigenvalue weighted by molar-refractivity contribution is 5.78. The second-order valence-electron chi connectivity index (χ2n) is 6.53. The van der Waals surface area contributed by atoms with Crippen LogP contribution in [0.3, 0.4) is 0 Å². The predicted octanol–water partition coefficient (Wildman–Crippen LogP) is 4.46. The minimum atomic E-state index is -0.222. The van der Waals surface area contributed by atoms with Crippen molar-refractivity contribution in [3.05, 3.63) is 59.7 Å². The molecule has 0 fully saturated rings. The molecule has 0 spiro atoms. The van der Waals surface area contributed by atoms with Gasteiger partial charge in [-0.3, -0.25) is 4.79 Å². The van der Waals surface area contributed by atoms with Gasteiger partial charge in [0.25, 0.3) is 0 Å². The van der Waals surface area contributed by atoms with E-state index in [1.165, 1.54) is 6.07 Å². The Hall–Kier alpha value is -2.10. The van der Waals surface area contributed by atoms with Gasteiger partial charge in [-0.15, -0.1) is 0 Å². The van der Waals surface area contributed by atoms with Crippen molar-refractivity contribution >= 4 is 5.91 Å². The molecule has 0 radical (unpaired) electrons. The Bertz CT molecular complexity index is 663. The maximum Gasteiger partial charge on any atom is 0.225 e. The lowest BCUT2D eigenvalue weighted by molar-refractivity contribution is -0.135. The highest BCUT2D eigenvalue weighted by Gasteiger charge is 2.18. The van der Waals surface area contributed by atoms with Crippen molar-refractivity contribution in [2.24, 2.45) is 5.92 Å². The first-order chi connectivity index (χ1) is 11.5. The smallest absolute Gasteiger partial charge is 0.225 e. The van der Waals surface area contributed by atoms with Gasteiger partial charge < -0.3 is 9.47 Å². The predicted molar refractivity (Wildman–Crippen MR) is 95.1 cm³/mol. The van der Waals surface area contributed by atoms with E-state index in [0.29, 0.717) is 13.1 Å². The van der Waals surface area contributed by atoms with Crippen molar-refractivity contribution in [1.82, 2.24) is 9.47 Å². The Labute approximate surface area is 144 Å². The fourth-order valence-corrected chi connectivity index (χ4v) is 2.76. The van der Waals surface area contributed by atoms with E-state index < -0.39 is 0 Å². The minimum Gasteiger partial charge on any atom is -0.345 e. The summed E-state index contributed by atoms with van der Waals surface area (Å²) in [7, 11) is 0. The fourth-order valence-electron chi connectivity index (χ4n) is 2.76. The van der Waals surface area contributed by atoms with Crippen molar-refractivity contribution in [3.63, 3.8) is 0 Å². The van der Waals surface area contributed by atoms with Crippen LogP contribution in [0.5, 0.6) is 0 Å². The van der Waals surface area contributed by atoms with Crippen LogP contribution >= 0.6 is 0 Å². The van der Waals surface area contributed by atoms with Gasteiger partial charge >= 0.3 is 0 Å².